The van der Waals surface area contributed by atoms with Gasteiger partial charge in [0.2, 0.25) is 0 Å². The van der Waals surface area contributed by atoms with Crippen molar-refractivity contribution in [2.24, 2.45) is 0 Å². The Hall–Kier alpha value is -0.810. The lowest BCUT2D eigenvalue weighted by Crippen LogP contribution is -2.71. The molecule has 5 heteroatoms. The van der Waals surface area contributed by atoms with Gasteiger partial charge in [0.1, 0.15) is 5.60 Å². The first kappa shape index (κ1) is 12.3. The molecule has 1 aliphatic heterocycles. The molecule has 1 amide bonds. The molecular weight excluding hydrogens is 196 g/mol. The number of β-amino-alcohol motifs (C(OH)–C–C–N with tert-alkyl or cyclic N) is 1. The van der Waals surface area contributed by atoms with E-state index in [-0.39, 0.29) is 0 Å². The van der Waals surface area contributed by atoms with Crippen molar-refractivity contribution in [3.8, 4) is 0 Å². The Morgan fingerprint density at radius 2 is 1.93 bits per heavy atom. The van der Waals surface area contributed by atoms with Gasteiger partial charge in [-0.1, -0.05) is 0 Å². The molecule has 3 N–H and O–H groups in total. The minimum absolute atomic E-state index is 0.406. The van der Waals surface area contributed by atoms with Crippen LogP contribution in [0, 0.1) is 0 Å². The predicted molar refractivity (Wildman–Crippen MR) is 56.9 cm³/mol. The second-order valence-electron chi connectivity index (χ2n) is 5.21. The number of carboxylic acid groups (broad SMARTS) is 1. The van der Waals surface area contributed by atoms with Gasteiger partial charge in [-0.25, -0.2) is 4.79 Å². The molecule has 0 radical (unpaired) electrons. The molecule has 88 valence electrons. The van der Waals surface area contributed by atoms with Crippen LogP contribution in [-0.2, 0) is 0 Å². The molecule has 0 aromatic heterocycles. The molecule has 0 aliphatic carbocycles. The summed E-state index contributed by atoms with van der Waals surface area (Å²) in [6.07, 6.45) is -0.990. The van der Waals surface area contributed by atoms with Crippen LogP contribution in [0.2, 0.25) is 0 Å². The summed E-state index contributed by atoms with van der Waals surface area (Å²) in [5.41, 5.74) is -1.43. The molecule has 0 aromatic rings. The smallest absolute Gasteiger partial charge is 0.408 e. The van der Waals surface area contributed by atoms with E-state index in [2.05, 4.69) is 5.32 Å². The first-order valence-electron chi connectivity index (χ1n) is 5.14. The van der Waals surface area contributed by atoms with E-state index >= 15 is 0 Å². The molecule has 1 fully saturated rings. The van der Waals surface area contributed by atoms with E-state index in [1.807, 2.05) is 20.8 Å². The topological polar surface area (TPSA) is 72.8 Å². The van der Waals surface area contributed by atoms with Crippen LogP contribution in [0.1, 0.15) is 27.7 Å². The van der Waals surface area contributed by atoms with Gasteiger partial charge in [0.25, 0.3) is 0 Å². The molecule has 0 saturated carbocycles. The van der Waals surface area contributed by atoms with Crippen LogP contribution in [0.4, 0.5) is 4.79 Å². The zero-order chi connectivity index (χ0) is 11.9. The summed E-state index contributed by atoms with van der Waals surface area (Å²) in [7, 11) is 0. The molecule has 0 unspecified atom stereocenters. The fraction of sp³-hybridized carbons (Fsp3) is 0.900. The van der Waals surface area contributed by atoms with Crippen LogP contribution in [0.5, 0.6) is 0 Å². The molecule has 1 rings (SSSR count). The highest BCUT2D eigenvalue weighted by molar-refractivity contribution is 5.66. The van der Waals surface area contributed by atoms with Crippen molar-refractivity contribution in [2.45, 2.75) is 44.9 Å². The number of hydrogen-bond acceptors (Lipinski definition) is 3. The standard InChI is InChI=1S/C10H20N2O3/c1-7(10(15)5-11-6-10)12(8(13)14)9(2,3)4/h7,11,15H,5-6H2,1-4H3,(H,13,14)/t7-/m1/s1. The maximum absolute atomic E-state index is 11.2. The van der Waals surface area contributed by atoms with Crippen LogP contribution in [0.15, 0.2) is 0 Å². The Kier molecular flexibility index (Phi) is 2.98. The summed E-state index contributed by atoms with van der Waals surface area (Å²) in [6, 6.07) is -0.406. The highest BCUT2D eigenvalue weighted by atomic mass is 16.4. The maximum Gasteiger partial charge on any atom is 0.408 e. The van der Waals surface area contributed by atoms with E-state index in [0.29, 0.717) is 13.1 Å². The number of aliphatic hydroxyl groups is 1. The molecule has 1 aliphatic rings. The highest BCUT2D eigenvalue weighted by Gasteiger charge is 2.47. The van der Waals surface area contributed by atoms with Crippen LogP contribution in [0.3, 0.4) is 0 Å². The van der Waals surface area contributed by atoms with E-state index < -0.39 is 23.3 Å². The van der Waals surface area contributed by atoms with E-state index in [9.17, 15) is 9.90 Å². The summed E-state index contributed by atoms with van der Waals surface area (Å²) in [5, 5.41) is 22.2. The van der Waals surface area contributed by atoms with E-state index in [4.69, 9.17) is 5.11 Å². The van der Waals surface area contributed by atoms with Crippen molar-refractivity contribution in [3.05, 3.63) is 0 Å². The first-order chi connectivity index (χ1) is 6.68. The normalized spacial score (nSPS) is 21.7. The zero-order valence-electron chi connectivity index (χ0n) is 9.74. The second kappa shape index (κ2) is 3.64. The SMILES string of the molecule is C[C@@H](N(C(=O)O)C(C)(C)C)C1(O)CNC1. The van der Waals surface area contributed by atoms with Gasteiger partial charge in [0.15, 0.2) is 0 Å². The van der Waals surface area contributed by atoms with Crippen molar-refractivity contribution in [3.63, 3.8) is 0 Å². The minimum Gasteiger partial charge on any atom is -0.465 e. The lowest BCUT2D eigenvalue weighted by Gasteiger charge is -2.49. The number of hydrogen-bond donors (Lipinski definition) is 3. The Labute approximate surface area is 90.1 Å². The molecule has 1 saturated heterocycles. The summed E-state index contributed by atoms with van der Waals surface area (Å²) in [5.74, 6) is 0. The van der Waals surface area contributed by atoms with Gasteiger partial charge in [-0.15, -0.1) is 0 Å². The summed E-state index contributed by atoms with van der Waals surface area (Å²) in [4.78, 5) is 12.5. The Morgan fingerprint density at radius 1 is 1.47 bits per heavy atom. The van der Waals surface area contributed by atoms with Gasteiger partial charge in [0.05, 0.1) is 6.04 Å². The number of rotatable bonds is 2. The van der Waals surface area contributed by atoms with E-state index in [1.165, 1.54) is 4.90 Å². The summed E-state index contributed by atoms with van der Waals surface area (Å²) >= 11 is 0. The fourth-order valence-electron chi connectivity index (χ4n) is 1.95. The van der Waals surface area contributed by atoms with Gasteiger partial charge < -0.3 is 15.5 Å². The predicted octanol–water partition coefficient (Wildman–Crippen LogP) is 0.488. The molecule has 1 heterocycles. The van der Waals surface area contributed by atoms with Crippen molar-refractivity contribution in [1.82, 2.24) is 10.2 Å². The van der Waals surface area contributed by atoms with Gasteiger partial charge in [-0.05, 0) is 27.7 Å². The van der Waals surface area contributed by atoms with Crippen LogP contribution >= 0.6 is 0 Å². The first-order valence-corrected chi connectivity index (χ1v) is 5.14. The average molecular weight is 216 g/mol. The number of amides is 1. The minimum atomic E-state index is -0.990. The summed E-state index contributed by atoms with van der Waals surface area (Å²) < 4.78 is 0. The average Bonchev–Trinajstić information content (AvgIpc) is 1.96. The third-order valence-corrected chi connectivity index (χ3v) is 2.96. The third-order valence-electron chi connectivity index (χ3n) is 2.96. The zero-order valence-corrected chi connectivity index (χ0v) is 9.74. The highest BCUT2D eigenvalue weighted by Crippen LogP contribution is 2.26. The van der Waals surface area contributed by atoms with Gasteiger partial charge >= 0.3 is 6.09 Å². The Balaban J connectivity index is 2.85. The molecule has 0 spiro atoms. The maximum atomic E-state index is 11.2. The monoisotopic (exact) mass is 216 g/mol. The van der Waals surface area contributed by atoms with Crippen LogP contribution in [-0.4, -0.2) is 51.5 Å². The fourth-order valence-corrected chi connectivity index (χ4v) is 1.95. The van der Waals surface area contributed by atoms with Crippen LogP contribution in [0.25, 0.3) is 0 Å². The Bertz CT molecular complexity index is 256. The number of carbonyl (C=O) groups is 1. The molecule has 1 atom stereocenters. The second-order valence-corrected chi connectivity index (χ2v) is 5.21. The van der Waals surface area contributed by atoms with Crippen molar-refractivity contribution < 1.29 is 15.0 Å². The van der Waals surface area contributed by atoms with Crippen LogP contribution < -0.4 is 5.32 Å². The Morgan fingerprint density at radius 3 is 2.13 bits per heavy atom. The molecule has 5 nitrogen and oxygen atoms in total. The van der Waals surface area contributed by atoms with Crippen molar-refractivity contribution >= 4 is 6.09 Å². The van der Waals surface area contributed by atoms with E-state index in [0.717, 1.165) is 0 Å². The number of nitrogens with zero attached hydrogens (tertiary/aromatic N) is 1. The van der Waals surface area contributed by atoms with Gasteiger partial charge in [0, 0.05) is 18.6 Å². The number of nitrogens with one attached hydrogen (secondary N) is 1. The van der Waals surface area contributed by atoms with Crippen molar-refractivity contribution in [1.29, 1.82) is 0 Å². The van der Waals surface area contributed by atoms with Gasteiger partial charge in [-0.2, -0.15) is 0 Å². The molecule has 15 heavy (non-hydrogen) atoms. The van der Waals surface area contributed by atoms with Crippen molar-refractivity contribution in [2.75, 3.05) is 13.1 Å². The lowest BCUT2D eigenvalue weighted by atomic mass is 9.86. The molecular formula is C10H20N2O3. The quantitative estimate of drug-likeness (QED) is 0.628. The van der Waals surface area contributed by atoms with E-state index in [1.54, 1.807) is 6.92 Å². The van der Waals surface area contributed by atoms with Gasteiger partial charge in [-0.3, -0.25) is 4.90 Å². The summed E-state index contributed by atoms with van der Waals surface area (Å²) in [6.45, 7) is 8.13. The molecule has 0 bridgehead atoms. The largest absolute Gasteiger partial charge is 0.465 e. The lowest BCUT2D eigenvalue weighted by molar-refractivity contribution is -0.0879. The molecule has 0 aromatic carbocycles. The third kappa shape index (κ3) is 2.23.